The third-order valence-corrected chi connectivity index (χ3v) is 11.3. The fourth-order valence-electron chi connectivity index (χ4n) is 6.51. The van der Waals surface area contributed by atoms with Crippen LogP contribution in [0.15, 0.2) is 0 Å². The van der Waals surface area contributed by atoms with Gasteiger partial charge in [-0.3, -0.25) is 18.2 Å². The van der Waals surface area contributed by atoms with Crippen LogP contribution in [0.25, 0.3) is 0 Å². The summed E-state index contributed by atoms with van der Waals surface area (Å²) in [6.07, 6.45) is -38.5. The highest BCUT2D eigenvalue weighted by atomic mass is 32.3. The van der Waals surface area contributed by atoms with Crippen LogP contribution in [0.3, 0.4) is 0 Å². The molecule has 12 N–H and O–H groups in total. The number of hydrogen-bond donors (Lipinski definition) is 12. The number of methoxy groups -OCH3 is 2. The van der Waals surface area contributed by atoms with Gasteiger partial charge >= 0.3 is 41.6 Å². The van der Waals surface area contributed by atoms with Crippen molar-refractivity contribution in [2.45, 2.75) is 116 Å². The number of hydrogen-bond acceptors (Lipinski definition) is 29. The van der Waals surface area contributed by atoms with E-state index >= 15 is 0 Å². The Morgan fingerprint density at radius 2 is 0.952 bits per heavy atom. The second kappa shape index (κ2) is 21.4. The van der Waals surface area contributed by atoms with Gasteiger partial charge in [-0.15, -0.1) is 0 Å². The summed E-state index contributed by atoms with van der Waals surface area (Å²) in [5.74, 6) is 0. The van der Waals surface area contributed by atoms with E-state index in [0.29, 0.717) is 0 Å². The molecule has 63 heavy (non-hydrogen) atoms. The van der Waals surface area contributed by atoms with E-state index in [2.05, 4.69) is 16.7 Å². The topological polar surface area (TPSA) is 499 Å². The lowest BCUT2D eigenvalue weighted by atomic mass is 9.91. The number of ether oxygens (including phenoxy) is 9. The number of aliphatic hydroxyl groups excluding tert-OH is 7. The van der Waals surface area contributed by atoms with Crippen molar-refractivity contribution < 1.29 is 152 Å². The molecular weight excluding hydrogens is 969 g/mol. The summed E-state index contributed by atoms with van der Waals surface area (Å²) in [6, 6.07) is 0. The fraction of sp³-hybridized carbons (Fsp3) is 1.00. The fourth-order valence-corrected chi connectivity index (χ4v) is 8.54. The molecule has 4 fully saturated rings. The monoisotopic (exact) mass is 1010 g/mol. The Balaban J connectivity index is 1.50. The van der Waals surface area contributed by atoms with Crippen LogP contribution < -0.4 is 0 Å². The van der Waals surface area contributed by atoms with E-state index in [4.69, 9.17) is 51.7 Å². The average molecular weight is 1010 g/mol. The molecule has 0 radical (unpaired) electrons. The first-order valence-electron chi connectivity index (χ1n) is 17.4. The van der Waals surface area contributed by atoms with E-state index < -0.39 is 191 Å². The van der Waals surface area contributed by atoms with E-state index in [0.717, 1.165) is 14.2 Å². The Morgan fingerprint density at radius 1 is 0.492 bits per heavy atom. The SMILES string of the molecule is COCC1OC(OCC2OC(OCC3(O)COC(OCC4OC(OC)C(O)C(OS(=O)(=O)O)C4O)C(O)C3O)C(OS(=O)(=O)O)C(O)C2OS(=O)(=O)O)C(O)C(O)C1OS(=O)(=O)O. The third-order valence-electron chi connectivity index (χ3n) is 9.39. The summed E-state index contributed by atoms with van der Waals surface area (Å²) in [4.78, 5) is 0. The lowest BCUT2D eigenvalue weighted by Crippen LogP contribution is -2.66. The molecule has 0 bridgehead atoms. The summed E-state index contributed by atoms with van der Waals surface area (Å²) in [5, 5.41) is 86.0. The van der Waals surface area contributed by atoms with Crippen molar-refractivity contribution in [3.8, 4) is 0 Å². The minimum Gasteiger partial charge on any atom is -0.387 e. The first kappa shape index (κ1) is 54.4. The van der Waals surface area contributed by atoms with E-state index in [1.165, 1.54) is 0 Å². The molecule has 4 aliphatic heterocycles. The van der Waals surface area contributed by atoms with Crippen LogP contribution in [0.4, 0.5) is 0 Å². The van der Waals surface area contributed by atoms with Crippen molar-refractivity contribution in [3.63, 3.8) is 0 Å². The molecule has 0 amide bonds. The average Bonchev–Trinajstić information content (AvgIpc) is 3.15. The van der Waals surface area contributed by atoms with Gasteiger partial charge in [-0.2, -0.15) is 33.7 Å². The normalized spacial score (nSPS) is 42.3. The van der Waals surface area contributed by atoms with Crippen LogP contribution in [0.1, 0.15) is 0 Å². The Bertz CT molecular complexity index is 1940. The minimum atomic E-state index is -5.65. The Hall–Kier alpha value is -1.20. The van der Waals surface area contributed by atoms with Gasteiger partial charge in [-0.1, -0.05) is 0 Å². The van der Waals surface area contributed by atoms with Gasteiger partial charge in [0.2, 0.25) is 0 Å². The Morgan fingerprint density at radius 3 is 1.49 bits per heavy atom. The maximum absolute atomic E-state index is 11.8. The van der Waals surface area contributed by atoms with Gasteiger partial charge in [0.25, 0.3) is 0 Å². The number of aliphatic hydroxyl groups is 8. The lowest BCUT2D eigenvalue weighted by Gasteiger charge is -2.46. The quantitative estimate of drug-likeness (QED) is 0.0504. The van der Waals surface area contributed by atoms with E-state index in [-0.39, 0.29) is 0 Å². The van der Waals surface area contributed by atoms with Crippen molar-refractivity contribution in [2.75, 3.05) is 47.3 Å². The highest BCUT2D eigenvalue weighted by molar-refractivity contribution is 7.81. The van der Waals surface area contributed by atoms with Crippen LogP contribution in [0.2, 0.25) is 0 Å². The zero-order valence-corrected chi connectivity index (χ0v) is 35.3. The molecule has 37 heteroatoms. The molecule has 0 saturated carbocycles. The molecule has 19 atom stereocenters. The smallest absolute Gasteiger partial charge is 0.387 e. The van der Waals surface area contributed by atoms with Gasteiger partial charge in [0, 0.05) is 14.2 Å². The summed E-state index contributed by atoms with van der Waals surface area (Å²) >= 11 is 0. The molecule has 33 nitrogen and oxygen atoms in total. The van der Waals surface area contributed by atoms with E-state index in [1.54, 1.807) is 0 Å². The van der Waals surface area contributed by atoms with Crippen LogP contribution in [0.5, 0.6) is 0 Å². The van der Waals surface area contributed by atoms with Gasteiger partial charge in [-0.05, 0) is 0 Å². The van der Waals surface area contributed by atoms with Gasteiger partial charge < -0.3 is 83.5 Å². The molecule has 4 aliphatic rings. The first-order chi connectivity index (χ1) is 28.9. The summed E-state index contributed by atoms with van der Waals surface area (Å²) in [5.41, 5.74) is -2.77. The maximum atomic E-state index is 11.8. The van der Waals surface area contributed by atoms with E-state index in [1.807, 2.05) is 0 Å². The van der Waals surface area contributed by atoms with Crippen molar-refractivity contribution in [3.05, 3.63) is 0 Å². The second-order valence-electron chi connectivity index (χ2n) is 13.9. The summed E-state index contributed by atoms with van der Waals surface area (Å²) in [7, 11) is -19.7. The highest BCUT2D eigenvalue weighted by Gasteiger charge is 2.56. The largest absolute Gasteiger partial charge is 0.397 e. The summed E-state index contributed by atoms with van der Waals surface area (Å²) in [6.45, 7) is -4.99. The predicted octanol–water partition coefficient (Wildman–Crippen LogP) is -9.13. The molecule has 0 aromatic rings. The van der Waals surface area contributed by atoms with Crippen LogP contribution >= 0.6 is 0 Å². The van der Waals surface area contributed by atoms with Crippen molar-refractivity contribution in [2.24, 2.45) is 0 Å². The molecule has 4 heterocycles. The standard InChI is InChI=1S/C26H46O33S4/c1-47-3-9-17(56-60(35,36)37)12(28)13(29)24(54-9)50-5-10-18(57-61(38,39)40)14(30)20(59-63(44,45)46)25(55-10)52-7-26(34)6-51-23(16(32)21(26)33)49-4-8-11(27)19(58-62(41,42)43)15(31)22(48-2)53-8/h8-25,27-34H,3-7H2,1-2H3,(H,35,36,37)(H,38,39,40)(H,41,42,43)(H,44,45,46). The van der Waals surface area contributed by atoms with Crippen molar-refractivity contribution >= 4 is 41.6 Å². The minimum absolute atomic E-state index is 0.588. The van der Waals surface area contributed by atoms with Crippen LogP contribution in [-0.2, 0) is 101 Å². The van der Waals surface area contributed by atoms with E-state index in [9.17, 15) is 83.6 Å². The van der Waals surface area contributed by atoms with Crippen molar-refractivity contribution in [1.82, 2.24) is 0 Å². The highest BCUT2D eigenvalue weighted by Crippen LogP contribution is 2.34. The molecule has 0 spiro atoms. The van der Waals surface area contributed by atoms with Crippen LogP contribution in [0, 0.1) is 0 Å². The second-order valence-corrected chi connectivity index (χ2v) is 18.1. The predicted molar refractivity (Wildman–Crippen MR) is 185 cm³/mol. The Labute approximate surface area is 356 Å². The third kappa shape index (κ3) is 14.6. The lowest BCUT2D eigenvalue weighted by molar-refractivity contribution is -0.346. The molecule has 372 valence electrons. The van der Waals surface area contributed by atoms with Gasteiger partial charge in [0.05, 0.1) is 33.0 Å². The number of rotatable bonds is 20. The molecule has 0 aliphatic carbocycles. The Kier molecular flexibility index (Phi) is 18.5. The molecular formula is C26H46O33S4. The maximum Gasteiger partial charge on any atom is 0.397 e. The molecule has 4 rings (SSSR count). The zero-order chi connectivity index (χ0) is 47.6. The first-order valence-corrected chi connectivity index (χ1v) is 22.9. The molecule has 0 aromatic carbocycles. The van der Waals surface area contributed by atoms with Gasteiger partial charge in [-0.25, -0.2) is 16.7 Å². The summed E-state index contributed by atoms with van der Waals surface area (Å²) < 4.78 is 194. The van der Waals surface area contributed by atoms with Gasteiger partial charge in [0.1, 0.15) is 85.0 Å². The van der Waals surface area contributed by atoms with Gasteiger partial charge in [0.15, 0.2) is 31.3 Å². The molecule has 4 saturated heterocycles. The van der Waals surface area contributed by atoms with Crippen molar-refractivity contribution in [1.29, 1.82) is 0 Å². The zero-order valence-electron chi connectivity index (χ0n) is 32.0. The van der Waals surface area contributed by atoms with Crippen LogP contribution in [-0.4, -0.2) is 256 Å². The molecule has 19 unspecified atom stereocenters. The molecule has 0 aromatic heterocycles.